The van der Waals surface area contributed by atoms with Crippen LogP contribution in [0.2, 0.25) is 0 Å². The number of nitrogens with one attached hydrogen (secondary N) is 1. The van der Waals surface area contributed by atoms with Crippen molar-refractivity contribution in [1.82, 2.24) is 4.57 Å². The standard InChI is InChI=1S/C29H27FN2O4/c1-4-36-23-13-14-26-24(15-23)29(35)25(28(34)20-5-9-21(30)10-6-20)16-32(26)17-27(33)31-22-11-7-19(8-12-22)18(2)3/h5-16,18H,4,17H2,1-3H3,(H,31,33). The molecule has 0 aliphatic heterocycles. The van der Waals surface area contributed by atoms with Crippen molar-refractivity contribution >= 4 is 28.3 Å². The number of nitrogens with zero attached hydrogens (tertiary/aromatic N) is 1. The third-order valence-electron chi connectivity index (χ3n) is 5.89. The van der Waals surface area contributed by atoms with Crippen molar-refractivity contribution in [1.29, 1.82) is 0 Å². The first-order valence-corrected chi connectivity index (χ1v) is 11.8. The van der Waals surface area contributed by atoms with Gasteiger partial charge in [-0.15, -0.1) is 0 Å². The van der Waals surface area contributed by atoms with Gasteiger partial charge in [-0.2, -0.15) is 0 Å². The van der Waals surface area contributed by atoms with Crippen molar-refractivity contribution in [2.45, 2.75) is 33.2 Å². The van der Waals surface area contributed by atoms with Gasteiger partial charge in [0.1, 0.15) is 18.1 Å². The van der Waals surface area contributed by atoms with E-state index in [0.29, 0.717) is 29.5 Å². The number of carbonyl (C=O) groups excluding carboxylic acids is 2. The van der Waals surface area contributed by atoms with Gasteiger partial charge in [-0.3, -0.25) is 14.4 Å². The van der Waals surface area contributed by atoms with Gasteiger partial charge in [0, 0.05) is 17.4 Å². The minimum absolute atomic E-state index is 0.114. The Morgan fingerprint density at radius 2 is 1.69 bits per heavy atom. The molecule has 1 aromatic heterocycles. The summed E-state index contributed by atoms with van der Waals surface area (Å²) in [5.74, 6) is -0.494. The molecule has 0 spiro atoms. The van der Waals surface area contributed by atoms with Crippen LogP contribution in [-0.4, -0.2) is 22.9 Å². The van der Waals surface area contributed by atoms with Gasteiger partial charge in [0.25, 0.3) is 0 Å². The van der Waals surface area contributed by atoms with Crippen LogP contribution in [0.15, 0.2) is 77.7 Å². The third-order valence-corrected chi connectivity index (χ3v) is 5.89. The normalized spacial score (nSPS) is 11.0. The van der Waals surface area contributed by atoms with Crippen molar-refractivity contribution in [3.63, 3.8) is 0 Å². The molecule has 0 aliphatic carbocycles. The molecule has 36 heavy (non-hydrogen) atoms. The molecule has 0 fully saturated rings. The van der Waals surface area contributed by atoms with E-state index >= 15 is 0 Å². The van der Waals surface area contributed by atoms with E-state index in [4.69, 9.17) is 4.74 Å². The van der Waals surface area contributed by atoms with Crippen LogP contribution >= 0.6 is 0 Å². The van der Waals surface area contributed by atoms with Crippen molar-refractivity contribution in [3.8, 4) is 5.75 Å². The Labute approximate surface area is 208 Å². The Balaban J connectivity index is 1.73. The average Bonchev–Trinajstić information content (AvgIpc) is 2.86. The lowest BCUT2D eigenvalue weighted by molar-refractivity contribution is -0.116. The molecule has 7 heteroatoms. The molecular formula is C29H27FN2O4. The van der Waals surface area contributed by atoms with E-state index in [1.165, 1.54) is 18.3 Å². The van der Waals surface area contributed by atoms with Gasteiger partial charge < -0.3 is 14.6 Å². The summed E-state index contributed by atoms with van der Waals surface area (Å²) in [5, 5.41) is 3.12. The minimum atomic E-state index is -0.554. The molecule has 0 saturated carbocycles. The minimum Gasteiger partial charge on any atom is -0.494 e. The number of pyridine rings is 1. The lowest BCUT2D eigenvalue weighted by Crippen LogP contribution is -2.24. The zero-order valence-corrected chi connectivity index (χ0v) is 20.4. The number of fused-ring (bicyclic) bond motifs is 1. The summed E-state index contributed by atoms with van der Waals surface area (Å²) in [6.07, 6.45) is 1.39. The first-order chi connectivity index (χ1) is 17.3. The Morgan fingerprint density at radius 3 is 2.33 bits per heavy atom. The van der Waals surface area contributed by atoms with E-state index < -0.39 is 17.0 Å². The van der Waals surface area contributed by atoms with Crippen LogP contribution in [0, 0.1) is 5.82 Å². The fraction of sp³-hybridized carbons (Fsp3) is 0.207. The Hall–Kier alpha value is -4.26. The summed E-state index contributed by atoms with van der Waals surface area (Å²) in [6.45, 7) is 6.30. The second-order valence-corrected chi connectivity index (χ2v) is 8.77. The summed E-state index contributed by atoms with van der Waals surface area (Å²) in [7, 11) is 0. The number of anilines is 1. The number of benzene rings is 3. The molecule has 0 aliphatic rings. The zero-order valence-electron chi connectivity index (χ0n) is 20.4. The molecule has 3 aromatic carbocycles. The third kappa shape index (κ3) is 5.35. The van der Waals surface area contributed by atoms with Gasteiger partial charge in [0.2, 0.25) is 11.3 Å². The van der Waals surface area contributed by atoms with Crippen LogP contribution in [0.5, 0.6) is 5.75 Å². The largest absolute Gasteiger partial charge is 0.494 e. The lowest BCUT2D eigenvalue weighted by atomic mass is 10.0. The number of aromatic nitrogens is 1. The number of hydrogen-bond acceptors (Lipinski definition) is 4. The molecule has 0 radical (unpaired) electrons. The van der Waals surface area contributed by atoms with Crippen LogP contribution in [0.25, 0.3) is 10.9 Å². The van der Waals surface area contributed by atoms with Crippen molar-refractivity contribution in [2.24, 2.45) is 0 Å². The highest BCUT2D eigenvalue weighted by atomic mass is 19.1. The van der Waals surface area contributed by atoms with Gasteiger partial charge in [0.05, 0.1) is 23.1 Å². The number of amides is 1. The second kappa shape index (κ2) is 10.6. The van der Waals surface area contributed by atoms with E-state index in [-0.39, 0.29) is 29.0 Å². The maximum atomic E-state index is 13.4. The SMILES string of the molecule is CCOc1ccc2c(c1)c(=O)c(C(=O)c1ccc(F)cc1)cn2CC(=O)Nc1ccc(C(C)C)cc1. The van der Waals surface area contributed by atoms with Crippen molar-refractivity contribution in [3.05, 3.63) is 106 Å². The number of ether oxygens (including phenoxy) is 1. The maximum absolute atomic E-state index is 13.4. The number of hydrogen-bond donors (Lipinski definition) is 1. The monoisotopic (exact) mass is 486 g/mol. The predicted molar refractivity (Wildman–Crippen MR) is 138 cm³/mol. The first kappa shape index (κ1) is 24.9. The van der Waals surface area contributed by atoms with Gasteiger partial charge in [-0.1, -0.05) is 26.0 Å². The van der Waals surface area contributed by atoms with Crippen molar-refractivity contribution < 1.29 is 18.7 Å². The molecule has 4 rings (SSSR count). The number of halogens is 1. The summed E-state index contributed by atoms with van der Waals surface area (Å²) in [4.78, 5) is 39.4. The number of rotatable bonds is 8. The predicted octanol–water partition coefficient (Wildman–Crippen LogP) is 5.53. The smallest absolute Gasteiger partial charge is 0.244 e. The Morgan fingerprint density at radius 1 is 1.00 bits per heavy atom. The van der Waals surface area contributed by atoms with E-state index in [1.807, 2.05) is 31.2 Å². The van der Waals surface area contributed by atoms with E-state index in [9.17, 15) is 18.8 Å². The Kier molecular flexibility index (Phi) is 7.29. The molecule has 6 nitrogen and oxygen atoms in total. The first-order valence-electron chi connectivity index (χ1n) is 11.8. The fourth-order valence-corrected chi connectivity index (χ4v) is 3.99. The van der Waals surface area contributed by atoms with E-state index in [1.54, 1.807) is 22.8 Å². The summed E-state index contributed by atoms with van der Waals surface area (Å²) in [5.41, 5.74) is 1.88. The summed E-state index contributed by atoms with van der Waals surface area (Å²) < 4.78 is 20.5. The molecule has 4 aromatic rings. The quantitative estimate of drug-likeness (QED) is 0.332. The highest BCUT2D eigenvalue weighted by Crippen LogP contribution is 2.21. The number of carbonyl (C=O) groups is 2. The molecular weight excluding hydrogens is 459 g/mol. The van der Waals surface area contributed by atoms with E-state index in [0.717, 1.165) is 17.7 Å². The Bertz CT molecular complexity index is 1470. The molecule has 1 N–H and O–H groups in total. The molecule has 1 heterocycles. The molecule has 184 valence electrons. The van der Waals surface area contributed by atoms with Crippen LogP contribution in [0.4, 0.5) is 10.1 Å². The van der Waals surface area contributed by atoms with Crippen LogP contribution in [0.3, 0.4) is 0 Å². The summed E-state index contributed by atoms with van der Waals surface area (Å²) >= 11 is 0. The molecule has 0 saturated heterocycles. The average molecular weight is 487 g/mol. The van der Waals surface area contributed by atoms with E-state index in [2.05, 4.69) is 19.2 Å². The van der Waals surface area contributed by atoms with Crippen LogP contribution < -0.4 is 15.5 Å². The topological polar surface area (TPSA) is 77.4 Å². The van der Waals surface area contributed by atoms with Crippen LogP contribution in [-0.2, 0) is 11.3 Å². The molecule has 0 bridgehead atoms. The van der Waals surface area contributed by atoms with Crippen molar-refractivity contribution in [2.75, 3.05) is 11.9 Å². The number of ketones is 1. The molecule has 1 amide bonds. The molecule has 0 atom stereocenters. The van der Waals surface area contributed by atoms with Gasteiger partial charge in [0.15, 0.2) is 5.78 Å². The van der Waals surface area contributed by atoms with Gasteiger partial charge in [-0.05, 0) is 73.0 Å². The highest BCUT2D eigenvalue weighted by Gasteiger charge is 2.19. The highest BCUT2D eigenvalue weighted by molar-refractivity contribution is 6.10. The van der Waals surface area contributed by atoms with Crippen LogP contribution in [0.1, 0.15) is 48.2 Å². The summed E-state index contributed by atoms with van der Waals surface area (Å²) in [6, 6.07) is 17.6. The maximum Gasteiger partial charge on any atom is 0.244 e. The zero-order chi connectivity index (χ0) is 25.8. The van der Waals surface area contributed by atoms with Gasteiger partial charge >= 0.3 is 0 Å². The lowest BCUT2D eigenvalue weighted by Gasteiger charge is -2.15. The molecule has 0 unspecified atom stereocenters. The fourth-order valence-electron chi connectivity index (χ4n) is 3.99. The second-order valence-electron chi connectivity index (χ2n) is 8.77. The van der Waals surface area contributed by atoms with Gasteiger partial charge in [-0.25, -0.2) is 4.39 Å².